The summed E-state index contributed by atoms with van der Waals surface area (Å²) in [6.07, 6.45) is 3.01. The van der Waals surface area contributed by atoms with Gasteiger partial charge >= 0.3 is 5.97 Å². The van der Waals surface area contributed by atoms with Gasteiger partial charge in [-0.05, 0) is 53.1 Å². The molecule has 0 saturated carbocycles. The number of hydrogen-bond donors (Lipinski definition) is 1. The van der Waals surface area contributed by atoms with Crippen LogP contribution in [0.4, 0.5) is 0 Å². The molecule has 1 saturated heterocycles. The molecule has 166 valence electrons. The number of esters is 1. The smallest absolute Gasteiger partial charge is 0.332 e. The molecule has 1 aromatic heterocycles. The molecule has 1 N–H and O–H groups in total. The number of benzene rings is 2. The van der Waals surface area contributed by atoms with Gasteiger partial charge in [0.2, 0.25) is 5.91 Å². The van der Waals surface area contributed by atoms with E-state index in [1.807, 2.05) is 42.5 Å². The number of likely N-dealkylation sites (tertiary alicyclic amines) is 1. The molecule has 0 unspecified atom stereocenters. The van der Waals surface area contributed by atoms with Gasteiger partial charge in [-0.3, -0.25) is 9.69 Å². The highest BCUT2D eigenvalue weighted by Crippen LogP contribution is 2.25. The number of nitrogens with zero attached hydrogens (tertiary/aromatic N) is 5. The fraction of sp³-hybridized carbons (Fsp3) is 0.348. The number of nitrogens with one attached hydrogen (secondary N) is 1. The monoisotopic (exact) mass is 434 g/mol. The molecule has 32 heavy (non-hydrogen) atoms. The van der Waals surface area contributed by atoms with Gasteiger partial charge in [0.1, 0.15) is 6.33 Å². The molecule has 9 heteroatoms. The van der Waals surface area contributed by atoms with E-state index in [4.69, 9.17) is 4.74 Å². The first kappa shape index (κ1) is 21.6. The number of carbonyl (C=O) groups excluding carboxylic acids is 2. The minimum atomic E-state index is -1.05. The standard InChI is InChI=1S/C23H26N6O3/c1-32-22(31)23(12-5-13-28(16-23)15-19-6-3-2-4-7-19)25-21(30)14-18-8-10-20(11-9-18)29-17-24-26-27-29/h2-4,6-11,17H,5,12-16H2,1H3,(H,25,30)/t23-/m0/s1. The van der Waals surface area contributed by atoms with Gasteiger partial charge in [0.25, 0.3) is 0 Å². The predicted molar refractivity (Wildman–Crippen MR) is 117 cm³/mol. The first-order chi connectivity index (χ1) is 15.6. The van der Waals surface area contributed by atoms with Crippen molar-refractivity contribution in [3.05, 3.63) is 72.1 Å². The Kier molecular flexibility index (Phi) is 6.55. The molecule has 0 spiro atoms. The Morgan fingerprint density at radius 2 is 1.88 bits per heavy atom. The van der Waals surface area contributed by atoms with Crippen LogP contribution in [0.3, 0.4) is 0 Å². The fourth-order valence-corrected chi connectivity index (χ4v) is 4.18. The molecule has 0 bridgehead atoms. The van der Waals surface area contributed by atoms with Crippen LogP contribution < -0.4 is 5.32 Å². The molecule has 1 aliphatic heterocycles. The third kappa shape index (κ3) is 5.00. The third-order valence-electron chi connectivity index (χ3n) is 5.69. The quantitative estimate of drug-likeness (QED) is 0.563. The van der Waals surface area contributed by atoms with Crippen molar-refractivity contribution >= 4 is 11.9 Å². The lowest BCUT2D eigenvalue weighted by molar-refractivity contribution is -0.153. The van der Waals surface area contributed by atoms with E-state index < -0.39 is 11.5 Å². The van der Waals surface area contributed by atoms with Gasteiger partial charge in [0.05, 0.1) is 19.2 Å². The topological polar surface area (TPSA) is 102 Å². The summed E-state index contributed by atoms with van der Waals surface area (Å²) in [6.45, 7) is 1.99. The SMILES string of the molecule is COC(=O)[C@]1(NC(=O)Cc2ccc(-n3cnnn3)cc2)CCCN(Cc2ccccc2)C1. The Bertz CT molecular complexity index is 1040. The molecular formula is C23H26N6O3. The largest absolute Gasteiger partial charge is 0.467 e. The number of piperidine rings is 1. The van der Waals surface area contributed by atoms with Crippen LogP contribution in [-0.4, -0.2) is 62.7 Å². The summed E-state index contributed by atoms with van der Waals surface area (Å²) < 4.78 is 6.64. The van der Waals surface area contributed by atoms with Gasteiger partial charge in [-0.1, -0.05) is 42.5 Å². The number of aromatic nitrogens is 4. The molecule has 1 amide bonds. The van der Waals surface area contributed by atoms with Gasteiger partial charge in [-0.15, -0.1) is 5.10 Å². The number of ether oxygens (including phenoxy) is 1. The van der Waals surface area contributed by atoms with E-state index in [0.717, 1.165) is 24.2 Å². The van der Waals surface area contributed by atoms with Crippen LogP contribution in [0.5, 0.6) is 0 Å². The maximum absolute atomic E-state index is 12.9. The molecule has 1 fully saturated rings. The maximum atomic E-state index is 12.9. The molecule has 2 heterocycles. The van der Waals surface area contributed by atoms with Crippen LogP contribution in [0.25, 0.3) is 5.69 Å². The molecule has 0 aliphatic carbocycles. The van der Waals surface area contributed by atoms with Crippen molar-refractivity contribution in [3.63, 3.8) is 0 Å². The zero-order valence-corrected chi connectivity index (χ0v) is 18.0. The Morgan fingerprint density at radius 3 is 2.56 bits per heavy atom. The summed E-state index contributed by atoms with van der Waals surface area (Å²) in [4.78, 5) is 27.9. The van der Waals surface area contributed by atoms with Gasteiger partial charge < -0.3 is 10.1 Å². The Hall–Kier alpha value is -3.59. The van der Waals surface area contributed by atoms with Crippen molar-refractivity contribution < 1.29 is 14.3 Å². The van der Waals surface area contributed by atoms with Crippen molar-refractivity contribution in [3.8, 4) is 5.69 Å². The van der Waals surface area contributed by atoms with Crippen LogP contribution in [0.15, 0.2) is 60.9 Å². The van der Waals surface area contributed by atoms with E-state index in [1.54, 1.807) is 4.68 Å². The maximum Gasteiger partial charge on any atom is 0.332 e. The lowest BCUT2D eigenvalue weighted by Gasteiger charge is -2.41. The van der Waals surface area contributed by atoms with Crippen LogP contribution in [-0.2, 0) is 27.3 Å². The Balaban J connectivity index is 1.43. The summed E-state index contributed by atoms with van der Waals surface area (Å²) in [7, 11) is 1.37. The molecule has 4 rings (SSSR count). The number of rotatable bonds is 7. The van der Waals surface area contributed by atoms with Crippen LogP contribution >= 0.6 is 0 Å². The summed E-state index contributed by atoms with van der Waals surface area (Å²) in [6, 6.07) is 17.5. The second kappa shape index (κ2) is 9.69. The van der Waals surface area contributed by atoms with E-state index in [-0.39, 0.29) is 12.3 Å². The van der Waals surface area contributed by atoms with Gasteiger partial charge in [-0.25, -0.2) is 9.48 Å². The second-order valence-electron chi connectivity index (χ2n) is 8.02. The summed E-state index contributed by atoms with van der Waals surface area (Å²) in [5.41, 5.74) is 1.75. The van der Waals surface area contributed by atoms with E-state index in [0.29, 0.717) is 19.5 Å². The third-order valence-corrected chi connectivity index (χ3v) is 5.69. The zero-order valence-electron chi connectivity index (χ0n) is 18.0. The average molecular weight is 435 g/mol. The number of amides is 1. The summed E-state index contributed by atoms with van der Waals surface area (Å²) in [5.74, 6) is -0.621. The van der Waals surface area contributed by atoms with Gasteiger partial charge in [-0.2, -0.15) is 0 Å². The van der Waals surface area contributed by atoms with Crippen LogP contribution in [0, 0.1) is 0 Å². The molecule has 1 aliphatic rings. The molecule has 0 radical (unpaired) electrons. The normalized spacial score (nSPS) is 18.8. The second-order valence-corrected chi connectivity index (χ2v) is 8.02. The predicted octanol–water partition coefficient (Wildman–Crippen LogP) is 1.53. The lowest BCUT2D eigenvalue weighted by atomic mass is 9.88. The fourth-order valence-electron chi connectivity index (χ4n) is 4.18. The highest BCUT2D eigenvalue weighted by atomic mass is 16.5. The van der Waals surface area contributed by atoms with Crippen molar-refractivity contribution in [2.45, 2.75) is 31.3 Å². The first-order valence-corrected chi connectivity index (χ1v) is 10.6. The van der Waals surface area contributed by atoms with Crippen molar-refractivity contribution in [1.29, 1.82) is 0 Å². The highest BCUT2D eigenvalue weighted by molar-refractivity contribution is 5.89. The minimum absolute atomic E-state index is 0.160. The number of tetrazole rings is 1. The lowest BCUT2D eigenvalue weighted by Crippen LogP contribution is -2.63. The molecule has 2 aromatic carbocycles. The van der Waals surface area contributed by atoms with Crippen molar-refractivity contribution in [2.24, 2.45) is 0 Å². The van der Waals surface area contributed by atoms with E-state index in [1.165, 1.54) is 19.0 Å². The molecule has 3 aromatic rings. The zero-order chi connectivity index (χ0) is 22.4. The Morgan fingerprint density at radius 1 is 1.09 bits per heavy atom. The van der Waals surface area contributed by atoms with E-state index >= 15 is 0 Å². The van der Waals surface area contributed by atoms with Gasteiger partial charge in [0.15, 0.2) is 5.54 Å². The van der Waals surface area contributed by atoms with Gasteiger partial charge in [0, 0.05) is 13.1 Å². The van der Waals surface area contributed by atoms with Crippen LogP contribution in [0.2, 0.25) is 0 Å². The molecule has 9 nitrogen and oxygen atoms in total. The minimum Gasteiger partial charge on any atom is -0.467 e. The van der Waals surface area contributed by atoms with E-state index in [9.17, 15) is 9.59 Å². The number of methoxy groups -OCH3 is 1. The molecular weight excluding hydrogens is 408 g/mol. The number of carbonyl (C=O) groups is 2. The first-order valence-electron chi connectivity index (χ1n) is 10.6. The van der Waals surface area contributed by atoms with E-state index in [2.05, 4.69) is 37.9 Å². The summed E-state index contributed by atoms with van der Waals surface area (Å²) >= 11 is 0. The molecule has 1 atom stereocenters. The highest BCUT2D eigenvalue weighted by Gasteiger charge is 2.44. The Labute approximate surface area is 186 Å². The van der Waals surface area contributed by atoms with Crippen LogP contribution in [0.1, 0.15) is 24.0 Å². The van der Waals surface area contributed by atoms with Crippen molar-refractivity contribution in [1.82, 2.24) is 30.4 Å². The number of hydrogen-bond acceptors (Lipinski definition) is 7. The van der Waals surface area contributed by atoms with Crippen molar-refractivity contribution in [2.75, 3.05) is 20.2 Å². The average Bonchev–Trinajstić information content (AvgIpc) is 3.35. The summed E-state index contributed by atoms with van der Waals surface area (Å²) in [5, 5.41) is 14.1.